The van der Waals surface area contributed by atoms with Gasteiger partial charge in [0.15, 0.2) is 5.75 Å². The Hall–Kier alpha value is -4.02. The summed E-state index contributed by atoms with van der Waals surface area (Å²) >= 11 is 5.97. The van der Waals surface area contributed by atoms with Crippen molar-refractivity contribution in [2.45, 2.75) is 13.2 Å². The number of hydrogen-bond acceptors (Lipinski definition) is 6. The van der Waals surface area contributed by atoms with Crippen molar-refractivity contribution in [3.05, 3.63) is 89.0 Å². The average Bonchev–Trinajstić information content (AvgIpc) is 3.24. The van der Waals surface area contributed by atoms with Gasteiger partial charge in [-0.2, -0.15) is 0 Å². The van der Waals surface area contributed by atoms with Crippen LogP contribution < -0.4 is 13.8 Å². The van der Waals surface area contributed by atoms with Gasteiger partial charge in [-0.15, -0.1) is 0 Å². The SMILES string of the molecule is COc1ccc(COc2c3ncccc3c(N(C)S(C)(=O)=O)c3cn(Cc4cccc(Cl)c4F)c(O)c23)cc1. The second kappa shape index (κ2) is 10.3. The summed E-state index contributed by atoms with van der Waals surface area (Å²) in [5.74, 6) is 0.131. The van der Waals surface area contributed by atoms with Gasteiger partial charge >= 0.3 is 0 Å². The van der Waals surface area contributed by atoms with Crippen LogP contribution in [0.2, 0.25) is 5.02 Å². The predicted molar refractivity (Wildman–Crippen MR) is 150 cm³/mol. The molecular formula is C28H25ClFN3O5S. The number of pyridine rings is 1. The molecule has 11 heteroatoms. The van der Waals surface area contributed by atoms with Gasteiger partial charge in [0.25, 0.3) is 0 Å². The number of ether oxygens (including phenoxy) is 2. The van der Waals surface area contributed by atoms with Crippen LogP contribution in [0.4, 0.5) is 10.1 Å². The lowest BCUT2D eigenvalue weighted by Crippen LogP contribution is -2.25. The van der Waals surface area contributed by atoms with Crippen LogP contribution in [0.5, 0.6) is 17.4 Å². The molecule has 0 radical (unpaired) electrons. The molecule has 8 nitrogen and oxygen atoms in total. The lowest BCUT2D eigenvalue weighted by atomic mass is 10.1. The second-order valence-corrected chi connectivity index (χ2v) is 11.4. The lowest BCUT2D eigenvalue weighted by molar-refractivity contribution is 0.311. The Bertz CT molecular complexity index is 1810. The minimum absolute atomic E-state index is 0.0420. The van der Waals surface area contributed by atoms with Gasteiger partial charge in [-0.3, -0.25) is 9.29 Å². The van der Waals surface area contributed by atoms with E-state index in [0.717, 1.165) is 16.1 Å². The van der Waals surface area contributed by atoms with Crippen LogP contribution in [0.3, 0.4) is 0 Å². The number of nitrogens with zero attached hydrogens (tertiary/aromatic N) is 3. The highest BCUT2D eigenvalue weighted by Gasteiger charge is 2.27. The summed E-state index contributed by atoms with van der Waals surface area (Å²) < 4.78 is 54.1. The number of aromatic hydroxyl groups is 1. The van der Waals surface area contributed by atoms with Crippen molar-refractivity contribution < 1.29 is 27.4 Å². The first-order chi connectivity index (χ1) is 18.6. The topological polar surface area (TPSA) is 93.9 Å². The molecule has 0 bridgehead atoms. The van der Waals surface area contributed by atoms with E-state index in [9.17, 15) is 17.9 Å². The quantitative estimate of drug-likeness (QED) is 0.257. The normalized spacial score (nSPS) is 11.7. The number of anilines is 1. The number of benzene rings is 3. The lowest BCUT2D eigenvalue weighted by Gasteiger charge is -2.21. The highest BCUT2D eigenvalue weighted by atomic mass is 35.5. The zero-order valence-electron chi connectivity index (χ0n) is 21.4. The highest BCUT2D eigenvalue weighted by molar-refractivity contribution is 7.92. The fourth-order valence-corrected chi connectivity index (χ4v) is 5.21. The summed E-state index contributed by atoms with van der Waals surface area (Å²) in [5, 5.41) is 12.6. The molecule has 2 aromatic heterocycles. The minimum atomic E-state index is -3.70. The molecule has 1 N–H and O–H groups in total. The Morgan fingerprint density at radius 3 is 2.54 bits per heavy atom. The van der Waals surface area contributed by atoms with Crippen molar-refractivity contribution in [1.29, 1.82) is 0 Å². The largest absolute Gasteiger partial charge is 0.497 e. The molecule has 2 heterocycles. The number of rotatable bonds is 8. The van der Waals surface area contributed by atoms with E-state index in [4.69, 9.17) is 21.1 Å². The number of halogens is 2. The summed E-state index contributed by atoms with van der Waals surface area (Å²) in [5.41, 5.74) is 1.77. The Balaban J connectivity index is 1.74. The van der Waals surface area contributed by atoms with E-state index in [1.54, 1.807) is 43.8 Å². The van der Waals surface area contributed by atoms with E-state index in [1.165, 1.54) is 17.7 Å². The van der Waals surface area contributed by atoms with Crippen LogP contribution in [0.1, 0.15) is 11.1 Å². The first-order valence-electron chi connectivity index (χ1n) is 11.8. The van der Waals surface area contributed by atoms with E-state index in [-0.39, 0.29) is 40.8 Å². The first kappa shape index (κ1) is 26.6. The van der Waals surface area contributed by atoms with E-state index in [1.807, 2.05) is 24.3 Å². The molecule has 0 atom stereocenters. The summed E-state index contributed by atoms with van der Waals surface area (Å²) in [6.07, 6.45) is 4.23. The van der Waals surface area contributed by atoms with Gasteiger partial charge in [-0.25, -0.2) is 12.8 Å². The predicted octanol–water partition coefficient (Wildman–Crippen LogP) is 5.72. The minimum Gasteiger partial charge on any atom is -0.497 e. The fraction of sp³-hybridized carbons (Fsp3) is 0.179. The standard InChI is InChI=1S/C28H25ClFN3O5S/c1-32(39(3,35)36)26-20-7-5-13-31-25(20)27(38-16-17-9-11-19(37-2)12-10-17)23-21(26)15-33(28(23)34)14-18-6-4-8-22(29)24(18)30/h4-13,15,34H,14,16H2,1-3H3. The number of aromatic nitrogens is 2. The molecule has 0 aliphatic rings. The highest BCUT2D eigenvalue weighted by Crippen LogP contribution is 2.47. The van der Waals surface area contributed by atoms with E-state index >= 15 is 0 Å². The third kappa shape index (κ3) is 4.93. The average molecular weight is 570 g/mol. The van der Waals surface area contributed by atoms with Crippen molar-refractivity contribution >= 4 is 49.0 Å². The molecule has 0 saturated carbocycles. The van der Waals surface area contributed by atoms with Crippen LogP contribution in [-0.2, 0) is 23.2 Å². The molecule has 0 unspecified atom stereocenters. The second-order valence-electron chi connectivity index (χ2n) is 9.03. The van der Waals surface area contributed by atoms with Gasteiger partial charge in [0.1, 0.15) is 23.7 Å². The smallest absolute Gasteiger partial charge is 0.232 e. The molecule has 0 amide bonds. The monoisotopic (exact) mass is 569 g/mol. The van der Waals surface area contributed by atoms with Crippen LogP contribution in [0.15, 0.2) is 67.0 Å². The maximum atomic E-state index is 14.7. The van der Waals surface area contributed by atoms with Gasteiger partial charge < -0.3 is 19.1 Å². The van der Waals surface area contributed by atoms with Gasteiger partial charge in [-0.05, 0) is 35.9 Å². The summed E-state index contributed by atoms with van der Waals surface area (Å²) in [6.45, 7) is 0.0796. The molecular weight excluding hydrogens is 545 g/mol. The first-order valence-corrected chi connectivity index (χ1v) is 14.1. The third-order valence-corrected chi connectivity index (χ3v) is 8.01. The molecule has 0 aliphatic carbocycles. The molecule has 0 fully saturated rings. The molecule has 202 valence electrons. The zero-order valence-corrected chi connectivity index (χ0v) is 22.9. The number of fused-ring (bicyclic) bond motifs is 2. The summed E-state index contributed by atoms with van der Waals surface area (Å²) in [7, 11) is -0.693. The van der Waals surface area contributed by atoms with Crippen LogP contribution in [0.25, 0.3) is 21.7 Å². The molecule has 0 aliphatic heterocycles. The van der Waals surface area contributed by atoms with Crippen molar-refractivity contribution in [3.8, 4) is 17.4 Å². The van der Waals surface area contributed by atoms with Crippen LogP contribution >= 0.6 is 11.6 Å². The number of methoxy groups -OCH3 is 1. The fourth-order valence-electron chi connectivity index (χ4n) is 4.49. The van der Waals surface area contributed by atoms with Crippen LogP contribution in [-0.4, -0.2) is 43.5 Å². The van der Waals surface area contributed by atoms with Crippen molar-refractivity contribution in [1.82, 2.24) is 9.55 Å². The molecule has 5 aromatic rings. The van der Waals surface area contributed by atoms with Crippen molar-refractivity contribution in [2.75, 3.05) is 24.7 Å². The van der Waals surface area contributed by atoms with Gasteiger partial charge in [0.05, 0.1) is 36.0 Å². The Labute approximate surface area is 229 Å². The van der Waals surface area contributed by atoms with E-state index in [2.05, 4.69) is 4.98 Å². The van der Waals surface area contributed by atoms with Gasteiger partial charge in [-0.1, -0.05) is 35.9 Å². The molecule has 0 saturated heterocycles. The van der Waals surface area contributed by atoms with Gasteiger partial charge in [0.2, 0.25) is 15.9 Å². The summed E-state index contributed by atoms with van der Waals surface area (Å²) in [6, 6.07) is 15.4. The molecule has 39 heavy (non-hydrogen) atoms. The Morgan fingerprint density at radius 2 is 1.85 bits per heavy atom. The molecule has 0 spiro atoms. The van der Waals surface area contributed by atoms with E-state index < -0.39 is 15.8 Å². The Kier molecular flexibility index (Phi) is 7.00. The third-order valence-electron chi connectivity index (χ3n) is 6.54. The van der Waals surface area contributed by atoms with E-state index in [0.29, 0.717) is 27.7 Å². The van der Waals surface area contributed by atoms with Gasteiger partial charge in [0, 0.05) is 35.8 Å². The van der Waals surface area contributed by atoms with Crippen molar-refractivity contribution in [2.24, 2.45) is 0 Å². The molecule has 3 aromatic carbocycles. The maximum absolute atomic E-state index is 14.7. The zero-order chi connectivity index (χ0) is 27.9. The maximum Gasteiger partial charge on any atom is 0.232 e. The Morgan fingerprint density at radius 1 is 1.10 bits per heavy atom. The van der Waals surface area contributed by atoms with Crippen molar-refractivity contribution in [3.63, 3.8) is 0 Å². The van der Waals surface area contributed by atoms with Crippen LogP contribution in [0, 0.1) is 5.82 Å². The molecule has 5 rings (SSSR count). The number of sulfonamides is 1. The number of hydrogen-bond donors (Lipinski definition) is 1. The summed E-state index contributed by atoms with van der Waals surface area (Å²) in [4.78, 5) is 4.49.